The zero-order valence-corrected chi connectivity index (χ0v) is 11.8. The third kappa shape index (κ3) is 3.63. The van der Waals surface area contributed by atoms with Crippen molar-refractivity contribution in [2.24, 2.45) is 0 Å². The molecule has 0 spiro atoms. The fraction of sp³-hybridized carbons (Fsp3) is 0.571. The Morgan fingerprint density at radius 1 is 1.33 bits per heavy atom. The second kappa shape index (κ2) is 7.06. The number of benzene rings is 1. The minimum absolute atomic E-state index is 0.0257. The monoisotopic (exact) mass is 297 g/mol. The average molecular weight is 297 g/mol. The zero-order valence-electron chi connectivity index (χ0n) is 11.8. The molecule has 1 heterocycles. The van der Waals surface area contributed by atoms with Gasteiger partial charge < -0.3 is 36.4 Å². The van der Waals surface area contributed by atoms with E-state index in [9.17, 15) is 10.2 Å². The van der Waals surface area contributed by atoms with Crippen LogP contribution in [0.3, 0.4) is 0 Å². The summed E-state index contributed by atoms with van der Waals surface area (Å²) in [5, 5.41) is 40.8. The zero-order chi connectivity index (χ0) is 15.4. The van der Waals surface area contributed by atoms with Crippen molar-refractivity contribution >= 4 is 11.4 Å². The third-order valence-electron chi connectivity index (χ3n) is 3.77. The number of hydrogen-bond acceptors (Lipinski definition) is 7. The Hall–Kier alpha value is -1.38. The summed E-state index contributed by atoms with van der Waals surface area (Å²) in [6, 6.07) is 5.13. The van der Waals surface area contributed by atoms with Crippen LogP contribution in [0.1, 0.15) is 11.7 Å². The van der Waals surface area contributed by atoms with Crippen LogP contribution in [0.2, 0.25) is 0 Å². The summed E-state index contributed by atoms with van der Waals surface area (Å²) in [7, 11) is 0. The maximum Gasteiger partial charge on any atom is 0.104 e. The van der Waals surface area contributed by atoms with E-state index in [4.69, 9.17) is 15.9 Å². The van der Waals surface area contributed by atoms with Crippen molar-refractivity contribution in [2.75, 3.05) is 43.5 Å². The molecule has 118 valence electrons. The van der Waals surface area contributed by atoms with Gasteiger partial charge in [-0.3, -0.25) is 0 Å². The molecule has 2 rings (SSSR count). The standard InChI is InChI=1S/C14H23N3O4/c15-11-2-1-9(5-10(11)14(21)8-19)17-6-12(13(20)7-17)16-3-4-18/h1-2,5,12-14,16,18-21H,3-4,6-8,15H2. The van der Waals surface area contributed by atoms with Crippen LogP contribution in [0, 0.1) is 0 Å². The first-order valence-electron chi connectivity index (χ1n) is 7.02. The van der Waals surface area contributed by atoms with Gasteiger partial charge in [0.2, 0.25) is 0 Å². The van der Waals surface area contributed by atoms with E-state index in [1.165, 1.54) is 0 Å². The van der Waals surface area contributed by atoms with E-state index in [0.29, 0.717) is 30.9 Å². The maximum atomic E-state index is 10.0. The van der Waals surface area contributed by atoms with Gasteiger partial charge in [-0.05, 0) is 18.2 Å². The van der Waals surface area contributed by atoms with E-state index in [0.717, 1.165) is 5.69 Å². The van der Waals surface area contributed by atoms with Gasteiger partial charge in [0, 0.05) is 36.6 Å². The number of nitrogens with two attached hydrogens (primary N) is 1. The van der Waals surface area contributed by atoms with Crippen LogP contribution in [0.15, 0.2) is 18.2 Å². The number of nitrogens with one attached hydrogen (secondary N) is 1. The van der Waals surface area contributed by atoms with E-state index in [1.807, 2.05) is 11.0 Å². The molecular weight excluding hydrogens is 274 g/mol. The Morgan fingerprint density at radius 3 is 2.76 bits per heavy atom. The molecule has 1 aliphatic rings. The van der Waals surface area contributed by atoms with Gasteiger partial charge in [-0.15, -0.1) is 0 Å². The predicted octanol–water partition coefficient (Wildman–Crippen LogP) is -1.57. The molecular formula is C14H23N3O4. The van der Waals surface area contributed by atoms with Crippen LogP contribution in [0.25, 0.3) is 0 Å². The van der Waals surface area contributed by atoms with Crippen LogP contribution in [-0.2, 0) is 0 Å². The van der Waals surface area contributed by atoms with Gasteiger partial charge in [-0.1, -0.05) is 0 Å². The highest BCUT2D eigenvalue weighted by atomic mass is 16.3. The van der Waals surface area contributed by atoms with Crippen molar-refractivity contribution in [2.45, 2.75) is 18.2 Å². The highest BCUT2D eigenvalue weighted by molar-refractivity contribution is 5.60. The van der Waals surface area contributed by atoms with Crippen LogP contribution >= 0.6 is 0 Å². The number of hydrogen-bond donors (Lipinski definition) is 6. The Morgan fingerprint density at radius 2 is 2.10 bits per heavy atom. The molecule has 1 fully saturated rings. The van der Waals surface area contributed by atoms with Gasteiger partial charge >= 0.3 is 0 Å². The maximum absolute atomic E-state index is 10.0. The largest absolute Gasteiger partial charge is 0.398 e. The number of aliphatic hydroxyl groups excluding tert-OH is 4. The van der Waals surface area contributed by atoms with E-state index in [-0.39, 0.29) is 12.6 Å². The molecule has 1 saturated heterocycles. The molecule has 3 atom stereocenters. The van der Waals surface area contributed by atoms with Gasteiger partial charge in [-0.25, -0.2) is 0 Å². The Balaban J connectivity index is 2.12. The summed E-state index contributed by atoms with van der Waals surface area (Å²) in [6.45, 7) is 1.13. The molecule has 7 heteroatoms. The lowest BCUT2D eigenvalue weighted by Gasteiger charge is -2.21. The molecule has 0 aromatic heterocycles. The van der Waals surface area contributed by atoms with Gasteiger partial charge in [0.15, 0.2) is 0 Å². The number of nitrogens with zero attached hydrogens (tertiary/aromatic N) is 1. The summed E-state index contributed by atoms with van der Waals surface area (Å²) in [5.41, 5.74) is 7.55. The Kier molecular flexibility index (Phi) is 5.38. The van der Waals surface area contributed by atoms with Crippen LogP contribution < -0.4 is 16.0 Å². The van der Waals surface area contributed by atoms with Gasteiger partial charge in [0.1, 0.15) is 6.10 Å². The smallest absolute Gasteiger partial charge is 0.104 e. The average Bonchev–Trinajstić information content (AvgIpc) is 2.86. The number of β-amino-alcohol motifs (C(OH)–C–C–N with tert-alkyl or cyclic N) is 1. The fourth-order valence-electron chi connectivity index (χ4n) is 2.59. The third-order valence-corrected chi connectivity index (χ3v) is 3.77. The molecule has 1 aromatic rings. The summed E-state index contributed by atoms with van der Waals surface area (Å²) in [5.74, 6) is 0. The Labute approximate surface area is 123 Å². The van der Waals surface area contributed by atoms with Crippen LogP contribution in [0.5, 0.6) is 0 Å². The summed E-state index contributed by atoms with van der Waals surface area (Å²) >= 11 is 0. The van der Waals surface area contributed by atoms with E-state index < -0.39 is 18.8 Å². The molecule has 0 radical (unpaired) electrons. The SMILES string of the molecule is Nc1ccc(N2CC(O)C(NCCO)C2)cc1C(O)CO. The first kappa shape index (κ1) is 16.0. The molecule has 7 N–H and O–H groups in total. The van der Waals surface area contributed by atoms with Crippen LogP contribution in [0.4, 0.5) is 11.4 Å². The van der Waals surface area contributed by atoms with Crippen molar-refractivity contribution in [1.82, 2.24) is 5.32 Å². The Bertz CT molecular complexity index is 472. The number of nitrogen functional groups attached to an aromatic ring is 1. The summed E-state index contributed by atoms with van der Waals surface area (Å²) in [6.07, 6.45) is -1.54. The summed E-state index contributed by atoms with van der Waals surface area (Å²) in [4.78, 5) is 1.98. The first-order chi connectivity index (χ1) is 10.1. The predicted molar refractivity (Wildman–Crippen MR) is 80.0 cm³/mol. The molecule has 0 bridgehead atoms. The highest BCUT2D eigenvalue weighted by Gasteiger charge is 2.31. The van der Waals surface area contributed by atoms with Crippen molar-refractivity contribution in [3.05, 3.63) is 23.8 Å². The molecule has 0 saturated carbocycles. The number of rotatable bonds is 6. The van der Waals surface area contributed by atoms with E-state index in [2.05, 4.69) is 5.32 Å². The van der Waals surface area contributed by atoms with E-state index >= 15 is 0 Å². The quantitative estimate of drug-likeness (QED) is 0.351. The fourth-order valence-corrected chi connectivity index (χ4v) is 2.59. The highest BCUT2D eigenvalue weighted by Crippen LogP contribution is 2.28. The van der Waals surface area contributed by atoms with Crippen molar-refractivity contribution in [3.8, 4) is 0 Å². The molecule has 1 aliphatic heterocycles. The van der Waals surface area contributed by atoms with Gasteiger partial charge in [-0.2, -0.15) is 0 Å². The van der Waals surface area contributed by atoms with Crippen molar-refractivity contribution in [1.29, 1.82) is 0 Å². The molecule has 0 aliphatic carbocycles. The molecule has 21 heavy (non-hydrogen) atoms. The van der Waals surface area contributed by atoms with Crippen molar-refractivity contribution in [3.63, 3.8) is 0 Å². The van der Waals surface area contributed by atoms with Crippen molar-refractivity contribution < 1.29 is 20.4 Å². The summed E-state index contributed by atoms with van der Waals surface area (Å²) < 4.78 is 0. The van der Waals surface area contributed by atoms with Gasteiger partial charge in [0.25, 0.3) is 0 Å². The second-order valence-electron chi connectivity index (χ2n) is 5.27. The topological polar surface area (TPSA) is 122 Å². The lowest BCUT2D eigenvalue weighted by molar-refractivity contribution is 0.0962. The van der Waals surface area contributed by atoms with Gasteiger partial charge in [0.05, 0.1) is 25.4 Å². The minimum Gasteiger partial charge on any atom is -0.398 e. The molecule has 1 aromatic carbocycles. The molecule has 3 unspecified atom stereocenters. The lowest BCUT2D eigenvalue weighted by atomic mass is 10.1. The number of anilines is 2. The first-order valence-corrected chi connectivity index (χ1v) is 7.02. The van der Waals surface area contributed by atoms with E-state index in [1.54, 1.807) is 12.1 Å². The normalized spacial score (nSPS) is 23.5. The molecule has 7 nitrogen and oxygen atoms in total. The van der Waals surface area contributed by atoms with Crippen LogP contribution in [-0.4, -0.2) is 65.4 Å². The lowest BCUT2D eigenvalue weighted by Crippen LogP contribution is -2.40. The minimum atomic E-state index is -1.01. The molecule has 0 amide bonds. The second-order valence-corrected chi connectivity index (χ2v) is 5.27. The number of aliphatic hydroxyl groups is 4.